The van der Waals surface area contributed by atoms with Crippen molar-refractivity contribution in [3.8, 4) is 0 Å². The Kier molecular flexibility index (Phi) is 2.36. The van der Waals surface area contributed by atoms with E-state index in [1.807, 2.05) is 11.3 Å². The zero-order chi connectivity index (χ0) is 12.8. The fourth-order valence-corrected chi connectivity index (χ4v) is 3.87. The first-order valence-corrected chi connectivity index (χ1v) is 7.45. The highest BCUT2D eigenvalue weighted by atomic mass is 32.1. The van der Waals surface area contributed by atoms with Gasteiger partial charge in [0.05, 0.1) is 0 Å². The highest BCUT2D eigenvalue weighted by Crippen LogP contribution is 2.39. The molecule has 92 valence electrons. The van der Waals surface area contributed by atoms with E-state index in [0.29, 0.717) is 5.92 Å². The van der Waals surface area contributed by atoms with Crippen molar-refractivity contribution in [1.82, 2.24) is 0 Å². The van der Waals surface area contributed by atoms with E-state index in [2.05, 4.69) is 67.6 Å². The van der Waals surface area contributed by atoms with E-state index in [1.54, 1.807) is 0 Å². The Morgan fingerprint density at radius 1 is 0.947 bits per heavy atom. The molecule has 1 aromatic heterocycles. The largest absolute Gasteiger partial charge is 0.135 e. The average Bonchev–Trinajstić information content (AvgIpc) is 2.71. The van der Waals surface area contributed by atoms with Crippen molar-refractivity contribution in [2.75, 3.05) is 0 Å². The van der Waals surface area contributed by atoms with E-state index >= 15 is 0 Å². The van der Waals surface area contributed by atoms with Crippen LogP contribution in [0, 0.1) is 5.92 Å². The smallest absolute Gasteiger partial charge is 0.0361 e. The zero-order valence-corrected chi connectivity index (χ0v) is 11.6. The first kappa shape index (κ1) is 11.0. The molecule has 0 radical (unpaired) electrons. The van der Waals surface area contributed by atoms with E-state index in [9.17, 15) is 0 Å². The maximum Gasteiger partial charge on any atom is 0.0361 e. The van der Waals surface area contributed by atoms with Crippen molar-refractivity contribution in [3.63, 3.8) is 0 Å². The highest BCUT2D eigenvalue weighted by Gasteiger charge is 2.12. The van der Waals surface area contributed by atoms with Crippen LogP contribution in [-0.2, 0) is 0 Å². The van der Waals surface area contributed by atoms with Gasteiger partial charge in [-0.2, -0.15) is 0 Å². The summed E-state index contributed by atoms with van der Waals surface area (Å²) in [7, 11) is 0. The number of thiophene rings is 1. The number of rotatable bonds is 0. The quantitative estimate of drug-likeness (QED) is 0.485. The molecular weight excluding hydrogens is 248 g/mol. The first-order chi connectivity index (χ1) is 9.33. The van der Waals surface area contributed by atoms with Gasteiger partial charge < -0.3 is 0 Å². The van der Waals surface area contributed by atoms with Gasteiger partial charge in [0.15, 0.2) is 0 Å². The third-order valence-electron chi connectivity index (χ3n) is 3.76. The lowest BCUT2D eigenvalue weighted by Crippen LogP contribution is -1.78. The molecule has 4 rings (SSSR count). The average molecular weight is 262 g/mol. The Morgan fingerprint density at radius 2 is 1.79 bits per heavy atom. The molecule has 1 heteroatoms. The summed E-state index contributed by atoms with van der Waals surface area (Å²) in [5.74, 6) is 0.518. The van der Waals surface area contributed by atoms with Crippen LogP contribution in [0.15, 0.2) is 48.6 Å². The standard InChI is InChI=1S/C18H14S/c1-12-6-9-15-16(10-7-12)19-17-11-8-13-4-2-3-5-14(13)18(15)17/h2-12H,1H3/t12-/m0/s1. The lowest BCUT2D eigenvalue weighted by Gasteiger charge is -2.01. The molecule has 1 aliphatic rings. The van der Waals surface area contributed by atoms with Crippen LogP contribution >= 0.6 is 11.3 Å². The lowest BCUT2D eigenvalue weighted by atomic mass is 10.0. The molecule has 0 nitrogen and oxygen atoms in total. The number of allylic oxidation sites excluding steroid dienone is 2. The minimum atomic E-state index is 0.518. The summed E-state index contributed by atoms with van der Waals surface area (Å²) >= 11 is 1.89. The molecule has 0 unspecified atom stereocenters. The normalized spacial score (nSPS) is 17.8. The Balaban J connectivity index is 2.17. The Labute approximate surface area is 116 Å². The number of hydrogen-bond acceptors (Lipinski definition) is 1. The van der Waals surface area contributed by atoms with Gasteiger partial charge in [0.1, 0.15) is 0 Å². The van der Waals surface area contributed by atoms with E-state index in [1.165, 1.54) is 31.3 Å². The van der Waals surface area contributed by atoms with Crippen LogP contribution in [-0.4, -0.2) is 0 Å². The van der Waals surface area contributed by atoms with Crippen LogP contribution in [0.25, 0.3) is 33.0 Å². The van der Waals surface area contributed by atoms with E-state index in [-0.39, 0.29) is 0 Å². The SMILES string of the molecule is C[C@@H]1C=Cc2sc3ccc4ccccc4c3c2C=C1. The third kappa shape index (κ3) is 1.66. The fraction of sp³-hybridized carbons (Fsp3) is 0.111. The number of fused-ring (bicyclic) bond motifs is 5. The molecule has 19 heavy (non-hydrogen) atoms. The van der Waals surface area contributed by atoms with Crippen molar-refractivity contribution in [2.24, 2.45) is 5.92 Å². The van der Waals surface area contributed by atoms with Crippen LogP contribution in [0.2, 0.25) is 0 Å². The van der Waals surface area contributed by atoms with E-state index < -0.39 is 0 Å². The van der Waals surface area contributed by atoms with Crippen molar-refractivity contribution < 1.29 is 0 Å². The minimum Gasteiger partial charge on any atom is -0.135 e. The number of hydrogen-bond donors (Lipinski definition) is 0. The summed E-state index contributed by atoms with van der Waals surface area (Å²) in [4.78, 5) is 1.38. The summed E-state index contributed by atoms with van der Waals surface area (Å²) in [6.07, 6.45) is 9.14. The maximum atomic E-state index is 2.30. The molecular formula is C18H14S. The fourth-order valence-electron chi connectivity index (χ4n) is 2.75. The van der Waals surface area contributed by atoms with Crippen molar-refractivity contribution in [1.29, 1.82) is 0 Å². The second-order valence-corrected chi connectivity index (χ2v) is 6.20. The summed E-state index contributed by atoms with van der Waals surface area (Å²) in [6, 6.07) is 13.1. The summed E-state index contributed by atoms with van der Waals surface area (Å²) in [6.45, 7) is 2.23. The third-order valence-corrected chi connectivity index (χ3v) is 4.90. The molecule has 0 saturated heterocycles. The Hall–Kier alpha value is -1.86. The predicted molar refractivity (Wildman–Crippen MR) is 86.6 cm³/mol. The molecule has 2 aromatic carbocycles. The summed E-state index contributed by atoms with van der Waals surface area (Å²) in [5, 5.41) is 4.10. The molecule has 1 aliphatic carbocycles. The van der Waals surface area contributed by atoms with Gasteiger partial charge in [0.25, 0.3) is 0 Å². The van der Waals surface area contributed by atoms with Gasteiger partial charge in [-0.15, -0.1) is 11.3 Å². The minimum absolute atomic E-state index is 0.518. The van der Waals surface area contributed by atoms with E-state index in [4.69, 9.17) is 0 Å². The molecule has 1 heterocycles. The molecule has 0 spiro atoms. The van der Waals surface area contributed by atoms with Crippen molar-refractivity contribution in [3.05, 3.63) is 59.0 Å². The number of benzene rings is 2. The van der Waals surface area contributed by atoms with Crippen molar-refractivity contribution in [2.45, 2.75) is 6.92 Å². The van der Waals surface area contributed by atoms with Crippen molar-refractivity contribution >= 4 is 44.3 Å². The highest BCUT2D eigenvalue weighted by molar-refractivity contribution is 7.20. The van der Waals surface area contributed by atoms with Gasteiger partial charge >= 0.3 is 0 Å². The molecule has 1 atom stereocenters. The second-order valence-electron chi connectivity index (χ2n) is 5.12. The van der Waals surface area contributed by atoms with Gasteiger partial charge in [-0.25, -0.2) is 0 Å². The van der Waals surface area contributed by atoms with Gasteiger partial charge in [0, 0.05) is 20.5 Å². The zero-order valence-electron chi connectivity index (χ0n) is 10.8. The topological polar surface area (TPSA) is 0 Å². The van der Waals surface area contributed by atoms with Gasteiger partial charge in [0.2, 0.25) is 0 Å². The lowest BCUT2D eigenvalue weighted by molar-refractivity contribution is 0.954. The van der Waals surface area contributed by atoms with E-state index in [0.717, 1.165) is 0 Å². The molecule has 0 N–H and O–H groups in total. The second kappa shape index (κ2) is 4.07. The molecule has 0 saturated carbocycles. The molecule has 0 amide bonds. The molecule has 0 aliphatic heterocycles. The van der Waals surface area contributed by atoms with Crippen LogP contribution in [0.1, 0.15) is 17.4 Å². The van der Waals surface area contributed by atoms with Gasteiger partial charge in [-0.1, -0.05) is 55.5 Å². The Morgan fingerprint density at radius 3 is 2.74 bits per heavy atom. The van der Waals surface area contributed by atoms with Crippen LogP contribution in [0.4, 0.5) is 0 Å². The monoisotopic (exact) mass is 262 g/mol. The van der Waals surface area contributed by atoms with Crippen LogP contribution < -0.4 is 0 Å². The Bertz CT molecular complexity index is 833. The van der Waals surface area contributed by atoms with Gasteiger partial charge in [-0.3, -0.25) is 0 Å². The molecule has 3 aromatic rings. The first-order valence-electron chi connectivity index (χ1n) is 6.63. The van der Waals surface area contributed by atoms with Crippen LogP contribution in [0.5, 0.6) is 0 Å². The molecule has 0 fully saturated rings. The van der Waals surface area contributed by atoms with Gasteiger partial charge in [-0.05, 0) is 28.8 Å². The molecule has 0 bridgehead atoms. The van der Waals surface area contributed by atoms with Crippen LogP contribution in [0.3, 0.4) is 0 Å². The summed E-state index contributed by atoms with van der Waals surface area (Å²) in [5.41, 5.74) is 1.39. The maximum absolute atomic E-state index is 2.30. The predicted octanol–water partition coefficient (Wildman–Crippen LogP) is 5.73. The summed E-state index contributed by atoms with van der Waals surface area (Å²) < 4.78 is 1.38.